The summed E-state index contributed by atoms with van der Waals surface area (Å²) in [5.41, 5.74) is 1.37. The lowest BCUT2D eigenvalue weighted by Crippen LogP contribution is -2.06. The number of carbonyl (C=O) groups is 1. The maximum atomic E-state index is 11.5. The zero-order valence-corrected chi connectivity index (χ0v) is 9.06. The van der Waals surface area contributed by atoms with E-state index in [9.17, 15) is 4.79 Å². The Kier molecular flexibility index (Phi) is 2.26. The van der Waals surface area contributed by atoms with Gasteiger partial charge in [-0.2, -0.15) is 0 Å². The van der Waals surface area contributed by atoms with E-state index in [0.717, 1.165) is 11.5 Å². The van der Waals surface area contributed by atoms with Gasteiger partial charge in [-0.25, -0.2) is 0 Å². The maximum Gasteiger partial charge on any atom is 0.176 e. The van der Waals surface area contributed by atoms with Crippen LogP contribution < -0.4 is 0 Å². The number of nitrogens with zero attached hydrogens (tertiary/aromatic N) is 3. The molecule has 0 fully saturated rings. The number of rotatable bonds is 2. The number of pyridine rings is 1. The third-order valence-corrected chi connectivity index (χ3v) is 2.33. The Labute approximate surface area is 87.9 Å². The molecule has 0 saturated carbocycles. The lowest BCUT2D eigenvalue weighted by molar-refractivity contribution is 0.101. The summed E-state index contributed by atoms with van der Waals surface area (Å²) >= 11 is 0. The molecule has 2 rings (SSSR count). The number of ketones is 1. The van der Waals surface area contributed by atoms with Crippen LogP contribution in [0.1, 0.15) is 43.0 Å². The first-order valence-corrected chi connectivity index (χ1v) is 4.96. The molecule has 0 atom stereocenters. The van der Waals surface area contributed by atoms with E-state index in [1.54, 1.807) is 13.0 Å². The van der Waals surface area contributed by atoms with Gasteiger partial charge in [0, 0.05) is 12.8 Å². The van der Waals surface area contributed by atoms with Gasteiger partial charge in [-0.05, 0) is 12.1 Å². The molecule has 2 aromatic rings. The lowest BCUT2D eigenvalue weighted by atomic mass is 10.2. The molecule has 0 amide bonds. The summed E-state index contributed by atoms with van der Waals surface area (Å²) in [4.78, 5) is 11.5. The third kappa shape index (κ3) is 1.52. The molecule has 0 unspecified atom stereocenters. The van der Waals surface area contributed by atoms with Gasteiger partial charge < -0.3 is 0 Å². The van der Waals surface area contributed by atoms with E-state index in [0.29, 0.717) is 5.69 Å². The minimum Gasteiger partial charge on any atom is -0.293 e. The van der Waals surface area contributed by atoms with Crippen molar-refractivity contribution >= 4 is 11.4 Å². The van der Waals surface area contributed by atoms with Gasteiger partial charge in [0.1, 0.15) is 5.82 Å². The lowest BCUT2D eigenvalue weighted by Gasteiger charge is -2.06. The fourth-order valence-electron chi connectivity index (χ4n) is 1.61. The molecule has 0 aliphatic heterocycles. The van der Waals surface area contributed by atoms with Crippen LogP contribution in [0.4, 0.5) is 0 Å². The fourth-order valence-corrected chi connectivity index (χ4v) is 1.61. The monoisotopic (exact) mass is 203 g/mol. The molecule has 0 aromatic carbocycles. The molecule has 78 valence electrons. The topological polar surface area (TPSA) is 47.3 Å². The van der Waals surface area contributed by atoms with Crippen LogP contribution in [0, 0.1) is 0 Å². The van der Waals surface area contributed by atoms with Crippen molar-refractivity contribution in [3.05, 3.63) is 29.7 Å². The van der Waals surface area contributed by atoms with Crippen LogP contribution in [0.2, 0.25) is 0 Å². The van der Waals surface area contributed by atoms with Gasteiger partial charge in [0.05, 0.1) is 5.69 Å². The summed E-state index contributed by atoms with van der Waals surface area (Å²) in [6, 6.07) is 5.47. The number of Topliss-reactive ketones (excluding diaryl/α,β-unsaturated/α-hetero) is 1. The van der Waals surface area contributed by atoms with Crippen molar-refractivity contribution in [2.45, 2.75) is 26.7 Å². The Morgan fingerprint density at radius 2 is 2.07 bits per heavy atom. The smallest absolute Gasteiger partial charge is 0.176 e. The first-order chi connectivity index (χ1) is 7.11. The Morgan fingerprint density at radius 3 is 2.67 bits per heavy atom. The zero-order valence-electron chi connectivity index (χ0n) is 9.06. The van der Waals surface area contributed by atoms with Crippen molar-refractivity contribution in [2.24, 2.45) is 0 Å². The summed E-state index contributed by atoms with van der Waals surface area (Å²) < 4.78 is 1.83. The van der Waals surface area contributed by atoms with Crippen LogP contribution in [0.5, 0.6) is 0 Å². The highest BCUT2D eigenvalue weighted by atomic mass is 16.1. The summed E-state index contributed by atoms with van der Waals surface area (Å²) in [7, 11) is 0. The highest BCUT2D eigenvalue weighted by Crippen LogP contribution is 2.16. The molecule has 15 heavy (non-hydrogen) atoms. The number of hydrogen-bond donors (Lipinski definition) is 0. The van der Waals surface area contributed by atoms with Crippen LogP contribution >= 0.6 is 0 Å². The van der Waals surface area contributed by atoms with Crippen LogP contribution in [0.25, 0.3) is 5.65 Å². The number of carbonyl (C=O) groups excluding carboxylic acids is 1. The minimum absolute atomic E-state index is 0.0299. The fraction of sp³-hybridized carbons (Fsp3) is 0.364. The Balaban J connectivity index is 2.80. The van der Waals surface area contributed by atoms with Gasteiger partial charge in [0.15, 0.2) is 11.4 Å². The van der Waals surface area contributed by atoms with E-state index < -0.39 is 0 Å². The van der Waals surface area contributed by atoms with Crippen molar-refractivity contribution in [1.29, 1.82) is 0 Å². The summed E-state index contributed by atoms with van der Waals surface area (Å²) in [5.74, 6) is 1.11. The molecule has 0 bridgehead atoms. The molecular formula is C11H13N3O. The van der Waals surface area contributed by atoms with E-state index in [1.165, 1.54) is 0 Å². The second-order valence-electron chi connectivity index (χ2n) is 3.87. The molecule has 4 heteroatoms. The molecule has 0 saturated heterocycles. The standard InChI is InChI=1S/C11H13N3O/c1-7(2)11-13-12-10-6-4-5-9(8(3)15)14(10)11/h4-7H,1-3H3. The van der Waals surface area contributed by atoms with E-state index in [1.807, 2.05) is 30.4 Å². The molecule has 2 aromatic heterocycles. The first-order valence-electron chi connectivity index (χ1n) is 4.96. The Hall–Kier alpha value is -1.71. The van der Waals surface area contributed by atoms with Gasteiger partial charge >= 0.3 is 0 Å². The van der Waals surface area contributed by atoms with E-state index >= 15 is 0 Å². The molecular weight excluding hydrogens is 190 g/mol. The van der Waals surface area contributed by atoms with E-state index in [4.69, 9.17) is 0 Å². The maximum absolute atomic E-state index is 11.5. The number of fused-ring (bicyclic) bond motifs is 1. The number of hydrogen-bond acceptors (Lipinski definition) is 3. The average molecular weight is 203 g/mol. The van der Waals surface area contributed by atoms with Crippen molar-refractivity contribution in [3.8, 4) is 0 Å². The second-order valence-corrected chi connectivity index (χ2v) is 3.87. The predicted molar refractivity (Wildman–Crippen MR) is 57.1 cm³/mol. The zero-order chi connectivity index (χ0) is 11.0. The normalized spacial score (nSPS) is 11.2. The molecule has 0 spiro atoms. The van der Waals surface area contributed by atoms with Crippen LogP contribution in [-0.4, -0.2) is 20.4 Å². The van der Waals surface area contributed by atoms with Crippen molar-refractivity contribution < 1.29 is 4.79 Å². The summed E-state index contributed by atoms with van der Waals surface area (Å²) in [6.45, 7) is 5.62. The summed E-state index contributed by atoms with van der Waals surface area (Å²) in [6.07, 6.45) is 0. The van der Waals surface area contributed by atoms with Gasteiger partial charge in [-0.3, -0.25) is 9.20 Å². The summed E-state index contributed by atoms with van der Waals surface area (Å²) in [5, 5.41) is 8.14. The molecule has 2 heterocycles. The highest BCUT2D eigenvalue weighted by Gasteiger charge is 2.13. The van der Waals surface area contributed by atoms with Crippen LogP contribution in [0.15, 0.2) is 18.2 Å². The van der Waals surface area contributed by atoms with Gasteiger partial charge in [-0.15, -0.1) is 10.2 Å². The highest BCUT2D eigenvalue weighted by molar-refractivity contribution is 5.93. The SMILES string of the molecule is CC(=O)c1cccc2nnc(C(C)C)n12. The largest absolute Gasteiger partial charge is 0.293 e. The van der Waals surface area contributed by atoms with Crippen LogP contribution in [-0.2, 0) is 0 Å². The molecule has 0 radical (unpaired) electrons. The average Bonchev–Trinajstić information content (AvgIpc) is 2.60. The van der Waals surface area contributed by atoms with E-state index in [2.05, 4.69) is 10.2 Å². The molecule has 0 N–H and O–H groups in total. The van der Waals surface area contributed by atoms with Crippen molar-refractivity contribution in [2.75, 3.05) is 0 Å². The van der Waals surface area contributed by atoms with Gasteiger partial charge in [0.2, 0.25) is 0 Å². The number of aromatic nitrogens is 3. The van der Waals surface area contributed by atoms with Crippen molar-refractivity contribution in [3.63, 3.8) is 0 Å². The van der Waals surface area contributed by atoms with Gasteiger partial charge in [0.25, 0.3) is 0 Å². The molecule has 0 aliphatic rings. The first kappa shape index (κ1) is 9.83. The Bertz CT molecular complexity index is 514. The predicted octanol–water partition coefficient (Wildman–Crippen LogP) is 2.06. The molecule has 4 nitrogen and oxygen atoms in total. The van der Waals surface area contributed by atoms with Gasteiger partial charge in [-0.1, -0.05) is 19.9 Å². The minimum atomic E-state index is 0.0299. The van der Waals surface area contributed by atoms with E-state index in [-0.39, 0.29) is 11.7 Å². The molecule has 0 aliphatic carbocycles. The second kappa shape index (κ2) is 3.46. The van der Waals surface area contributed by atoms with Crippen LogP contribution in [0.3, 0.4) is 0 Å². The third-order valence-electron chi connectivity index (χ3n) is 2.33. The Morgan fingerprint density at radius 1 is 1.33 bits per heavy atom. The quantitative estimate of drug-likeness (QED) is 0.702. The van der Waals surface area contributed by atoms with Crippen molar-refractivity contribution in [1.82, 2.24) is 14.6 Å².